The minimum atomic E-state index is -0.752. The fraction of sp³-hybridized carbons (Fsp3) is 0.333. The van der Waals surface area contributed by atoms with Crippen LogP contribution in [-0.2, 0) is 4.74 Å². The summed E-state index contributed by atoms with van der Waals surface area (Å²) in [4.78, 5) is 16.4. The maximum atomic E-state index is 13.9. The van der Waals surface area contributed by atoms with Crippen molar-refractivity contribution in [2.75, 3.05) is 13.2 Å². The molecular weight excluding hydrogens is 355 g/mol. The average Bonchev–Trinajstić information content (AvgIpc) is 2.50. The summed E-state index contributed by atoms with van der Waals surface area (Å²) in [6.45, 7) is 0.667. The van der Waals surface area contributed by atoms with Gasteiger partial charge in [-0.3, -0.25) is 4.79 Å². The Bertz CT molecular complexity index is 725. The van der Waals surface area contributed by atoms with Crippen LogP contribution < -0.4 is 5.32 Å². The van der Waals surface area contributed by atoms with E-state index < -0.39 is 23.9 Å². The minimum Gasteiger partial charge on any atom is -0.389 e. The van der Waals surface area contributed by atoms with Crippen LogP contribution in [-0.4, -0.2) is 41.4 Å². The van der Waals surface area contributed by atoms with E-state index >= 15 is 0 Å². The lowest BCUT2D eigenvalue weighted by Gasteiger charge is -2.28. The van der Waals surface area contributed by atoms with Crippen molar-refractivity contribution in [2.24, 2.45) is 0 Å². The first kappa shape index (κ1) is 15.3. The average molecular weight is 369 g/mol. The second-order valence-corrected chi connectivity index (χ2v) is 5.99. The van der Waals surface area contributed by atoms with Crippen molar-refractivity contribution in [1.29, 1.82) is 0 Å². The number of carbonyl (C=O) groups is 1. The first-order chi connectivity index (χ1) is 10.6. The summed E-state index contributed by atoms with van der Waals surface area (Å²) in [5, 5.41) is 13.1. The number of aliphatic hydroxyl groups is 1. The summed E-state index contributed by atoms with van der Waals surface area (Å²) in [6, 6.07) is 5.76. The van der Waals surface area contributed by atoms with Crippen molar-refractivity contribution in [3.05, 3.63) is 40.2 Å². The molecule has 0 bridgehead atoms. The molecule has 1 aliphatic rings. The van der Waals surface area contributed by atoms with E-state index in [0.717, 1.165) is 0 Å². The van der Waals surface area contributed by atoms with Crippen molar-refractivity contribution in [3.8, 4) is 0 Å². The summed E-state index contributed by atoms with van der Waals surface area (Å²) < 4.78 is 19.6. The lowest BCUT2D eigenvalue weighted by molar-refractivity contribution is -0.0261. The van der Waals surface area contributed by atoms with Crippen molar-refractivity contribution < 1.29 is 19.0 Å². The van der Waals surface area contributed by atoms with Gasteiger partial charge in [0.2, 0.25) is 0 Å². The quantitative estimate of drug-likeness (QED) is 0.850. The van der Waals surface area contributed by atoms with Gasteiger partial charge in [0.25, 0.3) is 5.91 Å². The van der Waals surface area contributed by atoms with Crippen molar-refractivity contribution >= 4 is 32.7 Å². The number of amides is 1. The van der Waals surface area contributed by atoms with E-state index in [9.17, 15) is 14.3 Å². The predicted molar refractivity (Wildman–Crippen MR) is 82.1 cm³/mol. The van der Waals surface area contributed by atoms with Gasteiger partial charge in [0.05, 0.1) is 18.8 Å². The molecule has 2 aromatic rings. The van der Waals surface area contributed by atoms with Crippen molar-refractivity contribution in [3.63, 3.8) is 0 Å². The van der Waals surface area contributed by atoms with Gasteiger partial charge < -0.3 is 15.2 Å². The van der Waals surface area contributed by atoms with E-state index in [4.69, 9.17) is 4.74 Å². The van der Waals surface area contributed by atoms with Crippen LogP contribution in [0.2, 0.25) is 0 Å². The van der Waals surface area contributed by atoms with Crippen LogP contribution in [0.4, 0.5) is 4.39 Å². The lowest BCUT2D eigenvalue weighted by atomic mass is 10.1. The van der Waals surface area contributed by atoms with Crippen LogP contribution in [0.1, 0.15) is 16.9 Å². The monoisotopic (exact) mass is 368 g/mol. The van der Waals surface area contributed by atoms with Crippen LogP contribution in [0.5, 0.6) is 0 Å². The third-order valence-corrected chi connectivity index (χ3v) is 4.27. The van der Waals surface area contributed by atoms with E-state index in [1.807, 2.05) is 0 Å². The normalized spacial score (nSPS) is 21.8. The highest BCUT2D eigenvalue weighted by Crippen LogP contribution is 2.25. The summed E-state index contributed by atoms with van der Waals surface area (Å²) in [7, 11) is 0. The van der Waals surface area contributed by atoms with Gasteiger partial charge in [0, 0.05) is 16.5 Å². The highest BCUT2D eigenvalue weighted by atomic mass is 79.9. The third kappa shape index (κ3) is 2.97. The number of hydrogen-bond donors (Lipinski definition) is 2. The van der Waals surface area contributed by atoms with Gasteiger partial charge in [-0.05, 0) is 18.6 Å². The lowest BCUT2D eigenvalue weighted by Crippen LogP contribution is -2.48. The summed E-state index contributed by atoms with van der Waals surface area (Å²) >= 11 is 3.33. The second-order valence-electron chi connectivity index (χ2n) is 5.14. The Morgan fingerprint density at radius 3 is 3.09 bits per heavy atom. The third-order valence-electron chi connectivity index (χ3n) is 3.62. The first-order valence-corrected chi connectivity index (χ1v) is 7.67. The molecule has 0 aliphatic carbocycles. The number of nitrogens with one attached hydrogen (secondary N) is 1. The number of hydrogen-bond acceptors (Lipinski definition) is 4. The Morgan fingerprint density at radius 2 is 2.32 bits per heavy atom. The molecule has 1 fully saturated rings. The van der Waals surface area contributed by atoms with E-state index in [0.29, 0.717) is 22.9 Å². The number of rotatable bonds is 2. The maximum absolute atomic E-state index is 13.9. The van der Waals surface area contributed by atoms with Crippen LogP contribution in [0.3, 0.4) is 0 Å². The molecule has 3 rings (SSSR count). The number of halogens is 2. The molecule has 0 saturated carbocycles. The highest BCUT2D eigenvalue weighted by molar-refractivity contribution is 9.10. The Balaban J connectivity index is 1.89. The molecule has 5 nitrogen and oxygen atoms in total. The van der Waals surface area contributed by atoms with E-state index in [-0.39, 0.29) is 17.8 Å². The molecule has 7 heteroatoms. The number of aliphatic hydroxyl groups excluding tert-OH is 1. The van der Waals surface area contributed by atoms with Gasteiger partial charge in [-0.15, -0.1) is 0 Å². The molecule has 0 radical (unpaired) electrons. The Kier molecular flexibility index (Phi) is 4.37. The zero-order chi connectivity index (χ0) is 15.7. The summed E-state index contributed by atoms with van der Waals surface area (Å²) in [5.74, 6) is -0.934. The molecule has 2 atom stereocenters. The van der Waals surface area contributed by atoms with E-state index in [1.54, 1.807) is 18.2 Å². The Labute approximate surface area is 134 Å². The zero-order valence-corrected chi connectivity index (χ0v) is 13.1. The highest BCUT2D eigenvalue weighted by Gasteiger charge is 2.26. The molecular formula is C15H14BrFN2O3. The summed E-state index contributed by atoms with van der Waals surface area (Å²) in [6.07, 6.45) is -0.228. The second kappa shape index (κ2) is 6.28. The van der Waals surface area contributed by atoms with Gasteiger partial charge in [-0.1, -0.05) is 28.1 Å². The SMILES string of the molecule is O=C(NC1CCOCC1O)c1cc(Br)c2cccc(F)c2n1. The van der Waals surface area contributed by atoms with Crippen LogP contribution in [0, 0.1) is 5.82 Å². The molecule has 1 aliphatic heterocycles. The van der Waals surface area contributed by atoms with E-state index in [1.165, 1.54) is 6.07 Å². The number of nitrogens with zero attached hydrogens (tertiary/aromatic N) is 1. The number of aromatic nitrogens is 1. The minimum absolute atomic E-state index is 0.100. The van der Waals surface area contributed by atoms with Gasteiger partial charge in [0.1, 0.15) is 17.0 Å². The number of ether oxygens (including phenoxy) is 1. The number of carbonyl (C=O) groups excluding carboxylic acids is 1. The zero-order valence-electron chi connectivity index (χ0n) is 11.6. The van der Waals surface area contributed by atoms with E-state index in [2.05, 4.69) is 26.2 Å². The summed E-state index contributed by atoms with van der Waals surface area (Å²) in [5.41, 5.74) is 0.234. The molecule has 116 valence electrons. The standard InChI is InChI=1S/C15H14BrFN2O3/c16-9-6-12(18-14-8(9)2-1-3-10(14)17)15(21)19-11-4-5-22-7-13(11)20/h1-3,6,11,13,20H,4-5,7H2,(H,19,21). The van der Waals surface area contributed by atoms with Crippen molar-refractivity contribution in [1.82, 2.24) is 10.3 Å². The first-order valence-electron chi connectivity index (χ1n) is 6.87. The number of fused-ring (bicyclic) bond motifs is 1. The Morgan fingerprint density at radius 1 is 1.50 bits per heavy atom. The van der Waals surface area contributed by atoms with Crippen LogP contribution >= 0.6 is 15.9 Å². The van der Waals surface area contributed by atoms with Crippen LogP contribution in [0.15, 0.2) is 28.7 Å². The molecule has 2 heterocycles. The van der Waals surface area contributed by atoms with Gasteiger partial charge in [0.15, 0.2) is 0 Å². The molecule has 1 aromatic carbocycles. The maximum Gasteiger partial charge on any atom is 0.270 e. The van der Waals surface area contributed by atoms with Crippen molar-refractivity contribution in [2.45, 2.75) is 18.6 Å². The number of pyridine rings is 1. The number of benzene rings is 1. The van der Waals surface area contributed by atoms with Gasteiger partial charge >= 0.3 is 0 Å². The topological polar surface area (TPSA) is 71.5 Å². The molecule has 2 N–H and O–H groups in total. The molecule has 1 saturated heterocycles. The Hall–Kier alpha value is -1.57. The fourth-order valence-corrected chi connectivity index (χ4v) is 2.96. The largest absolute Gasteiger partial charge is 0.389 e. The predicted octanol–water partition coefficient (Wildman–Crippen LogP) is 2.02. The van der Waals surface area contributed by atoms with Gasteiger partial charge in [-0.25, -0.2) is 9.37 Å². The van der Waals surface area contributed by atoms with Crippen LogP contribution in [0.25, 0.3) is 10.9 Å². The molecule has 0 spiro atoms. The fourth-order valence-electron chi connectivity index (χ4n) is 2.42. The smallest absolute Gasteiger partial charge is 0.270 e. The molecule has 2 unspecified atom stereocenters. The number of para-hydroxylation sites is 1. The molecule has 22 heavy (non-hydrogen) atoms. The van der Waals surface area contributed by atoms with Gasteiger partial charge in [-0.2, -0.15) is 0 Å². The molecule has 1 amide bonds. The molecule has 1 aromatic heterocycles.